The fourth-order valence-corrected chi connectivity index (χ4v) is 4.07. The van der Waals surface area contributed by atoms with Gasteiger partial charge in [-0.3, -0.25) is 9.52 Å². The molecule has 0 aliphatic heterocycles. The maximum absolute atomic E-state index is 12.6. The van der Waals surface area contributed by atoms with Crippen LogP contribution in [0.1, 0.15) is 0 Å². The SMILES string of the molecule is O=C(Cn1nnc2ccccc21)Nc1cccc(S(=O)(=O)Nc2ccc(Cl)cc2)c1. The summed E-state index contributed by atoms with van der Waals surface area (Å²) in [4.78, 5) is 12.4. The van der Waals surface area contributed by atoms with Gasteiger partial charge in [0.2, 0.25) is 5.91 Å². The van der Waals surface area contributed by atoms with E-state index >= 15 is 0 Å². The van der Waals surface area contributed by atoms with E-state index in [4.69, 9.17) is 11.6 Å². The van der Waals surface area contributed by atoms with Gasteiger partial charge in [-0.25, -0.2) is 13.1 Å². The van der Waals surface area contributed by atoms with Gasteiger partial charge in [0.05, 0.1) is 10.4 Å². The molecule has 1 heterocycles. The van der Waals surface area contributed by atoms with Gasteiger partial charge in [-0.1, -0.05) is 35.0 Å². The molecule has 4 aromatic rings. The maximum atomic E-state index is 12.6. The van der Waals surface area contributed by atoms with Crippen molar-refractivity contribution in [2.24, 2.45) is 0 Å². The highest BCUT2D eigenvalue weighted by molar-refractivity contribution is 7.92. The Balaban J connectivity index is 1.48. The van der Waals surface area contributed by atoms with Crippen LogP contribution in [-0.4, -0.2) is 29.3 Å². The average molecular weight is 442 g/mol. The predicted octanol–water partition coefficient (Wildman–Crippen LogP) is 3.52. The summed E-state index contributed by atoms with van der Waals surface area (Å²) in [6.45, 7) is -0.0550. The lowest BCUT2D eigenvalue weighted by Crippen LogP contribution is -2.20. The van der Waals surface area contributed by atoms with Crippen LogP contribution in [0.3, 0.4) is 0 Å². The second kappa shape index (κ2) is 8.13. The molecule has 152 valence electrons. The Morgan fingerprint density at radius 1 is 0.967 bits per heavy atom. The van der Waals surface area contributed by atoms with E-state index in [-0.39, 0.29) is 17.3 Å². The summed E-state index contributed by atoms with van der Waals surface area (Å²) in [5, 5.41) is 11.2. The summed E-state index contributed by atoms with van der Waals surface area (Å²) >= 11 is 5.82. The fraction of sp³-hybridized carbons (Fsp3) is 0.0500. The molecule has 2 N–H and O–H groups in total. The van der Waals surface area contributed by atoms with Gasteiger partial charge in [0.1, 0.15) is 12.1 Å². The Labute approximate surface area is 177 Å². The number of benzene rings is 3. The third-order valence-corrected chi connectivity index (χ3v) is 5.87. The number of anilines is 2. The summed E-state index contributed by atoms with van der Waals surface area (Å²) in [6.07, 6.45) is 0. The van der Waals surface area contributed by atoms with Crippen molar-refractivity contribution in [1.82, 2.24) is 15.0 Å². The lowest BCUT2D eigenvalue weighted by atomic mass is 10.3. The zero-order valence-electron chi connectivity index (χ0n) is 15.5. The number of aromatic nitrogens is 3. The molecule has 0 spiro atoms. The van der Waals surface area contributed by atoms with Crippen LogP contribution in [0.2, 0.25) is 5.02 Å². The first-order chi connectivity index (χ1) is 14.4. The molecular weight excluding hydrogens is 426 g/mol. The minimum atomic E-state index is -3.84. The molecule has 1 amide bonds. The van der Waals surface area contributed by atoms with Crippen LogP contribution in [0.15, 0.2) is 77.7 Å². The number of rotatable bonds is 6. The van der Waals surface area contributed by atoms with Crippen LogP contribution in [0.25, 0.3) is 11.0 Å². The van der Waals surface area contributed by atoms with Gasteiger partial charge in [0.25, 0.3) is 10.0 Å². The molecule has 0 atom stereocenters. The van der Waals surface area contributed by atoms with Crippen molar-refractivity contribution >= 4 is 49.9 Å². The van der Waals surface area contributed by atoms with E-state index < -0.39 is 10.0 Å². The number of sulfonamides is 1. The predicted molar refractivity (Wildman–Crippen MR) is 115 cm³/mol. The van der Waals surface area contributed by atoms with Crippen molar-refractivity contribution < 1.29 is 13.2 Å². The van der Waals surface area contributed by atoms with Crippen molar-refractivity contribution in [3.05, 3.63) is 77.8 Å². The number of carbonyl (C=O) groups is 1. The van der Waals surface area contributed by atoms with E-state index in [1.54, 1.807) is 42.5 Å². The molecule has 0 aliphatic rings. The standard InChI is InChI=1S/C20H16ClN5O3S/c21-14-8-10-15(11-9-14)24-30(28,29)17-5-3-4-16(12-17)22-20(27)13-26-19-7-2-1-6-18(19)23-25-26/h1-12,24H,13H2,(H,22,27). The van der Waals surface area contributed by atoms with Gasteiger partial charge in [-0.15, -0.1) is 5.10 Å². The largest absolute Gasteiger partial charge is 0.324 e. The van der Waals surface area contributed by atoms with E-state index in [0.717, 1.165) is 5.52 Å². The van der Waals surface area contributed by atoms with E-state index in [9.17, 15) is 13.2 Å². The summed E-state index contributed by atoms with van der Waals surface area (Å²) in [6, 6.07) is 19.6. The molecule has 3 aromatic carbocycles. The summed E-state index contributed by atoms with van der Waals surface area (Å²) in [7, 11) is -3.84. The van der Waals surface area contributed by atoms with Crippen LogP contribution in [0.5, 0.6) is 0 Å². The number of hydrogen-bond donors (Lipinski definition) is 2. The Morgan fingerprint density at radius 2 is 1.73 bits per heavy atom. The molecule has 0 bridgehead atoms. The van der Waals surface area contributed by atoms with E-state index in [0.29, 0.717) is 21.9 Å². The normalized spacial score (nSPS) is 11.4. The Hall–Kier alpha value is -3.43. The second-order valence-electron chi connectivity index (χ2n) is 6.42. The first-order valence-corrected chi connectivity index (χ1v) is 10.7. The highest BCUT2D eigenvalue weighted by atomic mass is 35.5. The molecule has 0 aliphatic carbocycles. The molecule has 0 fully saturated rings. The number of carbonyl (C=O) groups excluding carboxylic acids is 1. The van der Waals surface area contributed by atoms with Gasteiger partial charge in [0, 0.05) is 16.4 Å². The lowest BCUT2D eigenvalue weighted by molar-refractivity contribution is -0.116. The minimum absolute atomic E-state index is 0.0152. The fourth-order valence-electron chi connectivity index (χ4n) is 2.84. The van der Waals surface area contributed by atoms with E-state index in [1.165, 1.54) is 16.8 Å². The third kappa shape index (κ3) is 4.42. The second-order valence-corrected chi connectivity index (χ2v) is 8.54. The van der Waals surface area contributed by atoms with Crippen molar-refractivity contribution in [3.8, 4) is 0 Å². The number of para-hydroxylation sites is 1. The Morgan fingerprint density at radius 3 is 2.53 bits per heavy atom. The summed E-state index contributed by atoms with van der Waals surface area (Å²) in [5.41, 5.74) is 2.15. The summed E-state index contributed by atoms with van der Waals surface area (Å²) < 4.78 is 29.3. The number of fused-ring (bicyclic) bond motifs is 1. The van der Waals surface area contributed by atoms with Crippen LogP contribution in [0, 0.1) is 0 Å². The van der Waals surface area contributed by atoms with Gasteiger partial charge < -0.3 is 5.32 Å². The van der Waals surface area contributed by atoms with Crippen molar-refractivity contribution in [2.45, 2.75) is 11.4 Å². The van der Waals surface area contributed by atoms with Crippen molar-refractivity contribution in [3.63, 3.8) is 0 Å². The molecule has 8 nitrogen and oxygen atoms in total. The Bertz CT molecular complexity index is 1320. The maximum Gasteiger partial charge on any atom is 0.261 e. The van der Waals surface area contributed by atoms with Crippen LogP contribution in [-0.2, 0) is 21.4 Å². The average Bonchev–Trinajstić information content (AvgIpc) is 3.13. The minimum Gasteiger partial charge on any atom is -0.324 e. The molecule has 0 saturated carbocycles. The number of hydrogen-bond acceptors (Lipinski definition) is 5. The van der Waals surface area contributed by atoms with Crippen LogP contribution >= 0.6 is 11.6 Å². The highest BCUT2D eigenvalue weighted by Crippen LogP contribution is 2.21. The molecule has 0 radical (unpaired) electrons. The topological polar surface area (TPSA) is 106 Å². The quantitative estimate of drug-likeness (QED) is 0.476. The monoisotopic (exact) mass is 441 g/mol. The zero-order valence-corrected chi connectivity index (χ0v) is 17.1. The van der Waals surface area contributed by atoms with E-state index in [2.05, 4.69) is 20.4 Å². The first-order valence-electron chi connectivity index (χ1n) is 8.87. The van der Waals surface area contributed by atoms with Crippen molar-refractivity contribution in [2.75, 3.05) is 10.0 Å². The van der Waals surface area contributed by atoms with Crippen LogP contribution in [0.4, 0.5) is 11.4 Å². The molecule has 0 unspecified atom stereocenters. The van der Waals surface area contributed by atoms with Gasteiger partial charge >= 0.3 is 0 Å². The molecule has 1 aromatic heterocycles. The molecule has 10 heteroatoms. The number of nitrogens with zero attached hydrogens (tertiary/aromatic N) is 3. The number of nitrogens with one attached hydrogen (secondary N) is 2. The number of amides is 1. The van der Waals surface area contributed by atoms with Crippen molar-refractivity contribution in [1.29, 1.82) is 0 Å². The van der Waals surface area contributed by atoms with Crippen LogP contribution < -0.4 is 10.0 Å². The molecule has 0 saturated heterocycles. The summed E-state index contributed by atoms with van der Waals surface area (Å²) in [5.74, 6) is -0.356. The lowest BCUT2D eigenvalue weighted by Gasteiger charge is -2.10. The third-order valence-electron chi connectivity index (χ3n) is 4.24. The smallest absolute Gasteiger partial charge is 0.261 e. The molecular formula is C20H16ClN5O3S. The zero-order chi connectivity index (χ0) is 21.1. The molecule has 4 rings (SSSR count). The Kier molecular flexibility index (Phi) is 5.39. The highest BCUT2D eigenvalue weighted by Gasteiger charge is 2.16. The number of halogens is 1. The van der Waals surface area contributed by atoms with Gasteiger partial charge in [-0.2, -0.15) is 0 Å². The van der Waals surface area contributed by atoms with E-state index in [1.807, 2.05) is 18.2 Å². The first kappa shape index (κ1) is 19.9. The molecule has 30 heavy (non-hydrogen) atoms. The van der Waals surface area contributed by atoms with Gasteiger partial charge in [0.15, 0.2) is 0 Å². The van der Waals surface area contributed by atoms with Gasteiger partial charge in [-0.05, 0) is 54.6 Å².